The molecule has 1 aromatic heterocycles. The minimum atomic E-state index is -0.547. The topological polar surface area (TPSA) is 96.9 Å². The van der Waals surface area contributed by atoms with Crippen LogP contribution in [0.15, 0.2) is 107 Å². The lowest BCUT2D eigenvalue weighted by atomic mass is 9.97. The van der Waals surface area contributed by atoms with Gasteiger partial charge in [0, 0.05) is 33.7 Å². The number of nitro benzene ring substituents is 1. The highest BCUT2D eigenvalue weighted by molar-refractivity contribution is 7.99. The van der Waals surface area contributed by atoms with E-state index in [9.17, 15) is 20.2 Å². The third-order valence-electron chi connectivity index (χ3n) is 5.79. The molecule has 0 aliphatic carbocycles. The first kappa shape index (κ1) is 23.0. The number of aldehydes is 1. The number of non-ortho nitro benzene ring substituents is 1. The number of pyridine rings is 1. The molecular formula is C29H17N3O3S. The summed E-state index contributed by atoms with van der Waals surface area (Å²) in [4.78, 5) is 27.7. The fourth-order valence-electron chi connectivity index (χ4n) is 4.07. The van der Waals surface area contributed by atoms with Gasteiger partial charge in [-0.3, -0.25) is 14.9 Å². The number of aromatic nitrogens is 1. The largest absolute Gasteiger partial charge is 0.298 e. The molecule has 0 radical (unpaired) electrons. The third-order valence-corrected chi connectivity index (χ3v) is 6.87. The Hall–Kier alpha value is -4.80. The van der Waals surface area contributed by atoms with Crippen molar-refractivity contribution in [2.45, 2.75) is 9.92 Å². The number of fused-ring (bicyclic) bond motifs is 1. The van der Waals surface area contributed by atoms with E-state index in [-0.39, 0.29) is 11.3 Å². The molecule has 0 aliphatic rings. The minimum absolute atomic E-state index is 0.164. The van der Waals surface area contributed by atoms with Crippen LogP contribution in [0.25, 0.3) is 33.2 Å². The van der Waals surface area contributed by atoms with Gasteiger partial charge in [0.15, 0.2) is 6.29 Å². The fourth-order valence-corrected chi connectivity index (χ4v) is 5.05. The minimum Gasteiger partial charge on any atom is -0.298 e. The molecule has 0 atom stereocenters. The Balaban J connectivity index is 1.75. The third kappa shape index (κ3) is 4.33. The summed E-state index contributed by atoms with van der Waals surface area (Å²) in [5.74, 6) is 0. The quantitative estimate of drug-likeness (QED) is 0.141. The Morgan fingerprint density at radius 3 is 2.39 bits per heavy atom. The van der Waals surface area contributed by atoms with Gasteiger partial charge in [0.2, 0.25) is 0 Å². The lowest BCUT2D eigenvalue weighted by Gasteiger charge is -2.14. The van der Waals surface area contributed by atoms with Crippen molar-refractivity contribution >= 4 is 34.5 Å². The number of hydrogen-bond donors (Lipinski definition) is 0. The molecule has 0 fully saturated rings. The highest BCUT2D eigenvalue weighted by Gasteiger charge is 2.19. The average molecular weight is 488 g/mol. The second-order valence-electron chi connectivity index (χ2n) is 7.94. The van der Waals surface area contributed by atoms with E-state index in [0.717, 1.165) is 33.7 Å². The number of nitriles is 1. The summed E-state index contributed by atoms with van der Waals surface area (Å²) in [6.45, 7) is 0. The van der Waals surface area contributed by atoms with Crippen LogP contribution in [0.3, 0.4) is 0 Å². The van der Waals surface area contributed by atoms with Gasteiger partial charge in [-0.2, -0.15) is 5.26 Å². The number of carbonyl (C=O) groups excluding carboxylic acids is 1. The van der Waals surface area contributed by atoms with Crippen molar-refractivity contribution in [3.8, 4) is 28.5 Å². The zero-order valence-corrected chi connectivity index (χ0v) is 19.6. The lowest BCUT2D eigenvalue weighted by molar-refractivity contribution is -0.384. The van der Waals surface area contributed by atoms with Gasteiger partial charge in [0.05, 0.1) is 16.2 Å². The molecular weight excluding hydrogens is 470 g/mol. The van der Waals surface area contributed by atoms with Gasteiger partial charge in [-0.15, -0.1) is 0 Å². The standard InChI is InChI=1S/C29H17N3O3S/c30-17-26-25(20-7-2-1-3-8-20)16-27(24-12-6-10-19-9-4-5-11-23(19)24)31-29(26)36-28-14-13-22(32(34)35)15-21(28)18-33/h1-16,18H. The van der Waals surface area contributed by atoms with Gasteiger partial charge in [-0.1, -0.05) is 84.6 Å². The van der Waals surface area contributed by atoms with Gasteiger partial charge >= 0.3 is 0 Å². The molecule has 7 heteroatoms. The van der Waals surface area contributed by atoms with E-state index in [1.807, 2.05) is 78.9 Å². The molecule has 0 saturated carbocycles. The van der Waals surface area contributed by atoms with Crippen molar-refractivity contribution < 1.29 is 9.72 Å². The van der Waals surface area contributed by atoms with Gasteiger partial charge in [0.1, 0.15) is 11.1 Å². The van der Waals surface area contributed by atoms with Crippen LogP contribution < -0.4 is 0 Å². The average Bonchev–Trinajstić information content (AvgIpc) is 2.92. The second-order valence-corrected chi connectivity index (χ2v) is 8.97. The van der Waals surface area contributed by atoms with Gasteiger partial charge < -0.3 is 0 Å². The summed E-state index contributed by atoms with van der Waals surface area (Å²) in [6.07, 6.45) is 0.577. The maximum Gasteiger partial charge on any atom is 0.270 e. The summed E-state index contributed by atoms with van der Waals surface area (Å²) in [7, 11) is 0. The SMILES string of the molecule is N#Cc1c(-c2ccccc2)cc(-c2cccc3ccccc23)nc1Sc1ccc([N+](=O)[O-])cc1C=O. The first-order valence-electron chi connectivity index (χ1n) is 11.0. The number of nitrogens with zero attached hydrogens (tertiary/aromatic N) is 3. The van der Waals surface area contributed by atoms with E-state index < -0.39 is 4.92 Å². The predicted octanol–water partition coefficient (Wildman–Crippen LogP) is 7.31. The van der Waals surface area contributed by atoms with Crippen LogP contribution in [0.4, 0.5) is 5.69 Å². The summed E-state index contributed by atoms with van der Waals surface area (Å²) < 4.78 is 0. The van der Waals surface area contributed by atoms with E-state index >= 15 is 0 Å². The molecule has 5 aromatic rings. The van der Waals surface area contributed by atoms with Crippen molar-refractivity contribution in [1.29, 1.82) is 5.26 Å². The Labute approximate surface area is 211 Å². The molecule has 6 nitrogen and oxygen atoms in total. The summed E-state index contributed by atoms with van der Waals surface area (Å²) in [6, 6.07) is 31.9. The molecule has 4 aromatic carbocycles. The van der Waals surface area contributed by atoms with Crippen molar-refractivity contribution in [3.05, 3.63) is 118 Å². The fraction of sp³-hybridized carbons (Fsp3) is 0. The molecule has 0 aliphatic heterocycles. The molecule has 1 heterocycles. The molecule has 0 amide bonds. The zero-order chi connectivity index (χ0) is 25.1. The second kappa shape index (κ2) is 9.82. The van der Waals surface area contributed by atoms with Crippen molar-refractivity contribution in [2.75, 3.05) is 0 Å². The van der Waals surface area contributed by atoms with E-state index in [2.05, 4.69) is 6.07 Å². The van der Waals surface area contributed by atoms with Crippen LogP contribution >= 0.6 is 11.8 Å². The van der Waals surface area contributed by atoms with Crippen LogP contribution in [0, 0.1) is 21.4 Å². The Morgan fingerprint density at radius 2 is 1.64 bits per heavy atom. The van der Waals surface area contributed by atoms with Crippen LogP contribution in [-0.4, -0.2) is 16.2 Å². The number of nitro groups is 1. The molecule has 0 bridgehead atoms. The number of carbonyl (C=O) groups is 1. The Bertz CT molecular complexity index is 1670. The zero-order valence-electron chi connectivity index (χ0n) is 18.8. The van der Waals surface area contributed by atoms with Gasteiger partial charge in [-0.05, 0) is 28.5 Å². The van der Waals surface area contributed by atoms with Crippen LogP contribution in [0.5, 0.6) is 0 Å². The summed E-state index contributed by atoms with van der Waals surface area (Å²) in [5.41, 5.74) is 3.52. The van der Waals surface area contributed by atoms with E-state index in [0.29, 0.717) is 33.0 Å². The normalized spacial score (nSPS) is 10.6. The van der Waals surface area contributed by atoms with Crippen LogP contribution in [0.2, 0.25) is 0 Å². The van der Waals surface area contributed by atoms with E-state index in [1.165, 1.54) is 18.2 Å². The monoisotopic (exact) mass is 487 g/mol. The van der Waals surface area contributed by atoms with Crippen LogP contribution in [-0.2, 0) is 0 Å². The maximum absolute atomic E-state index is 11.7. The molecule has 0 N–H and O–H groups in total. The number of hydrogen-bond acceptors (Lipinski definition) is 6. The van der Waals surface area contributed by atoms with E-state index in [4.69, 9.17) is 4.98 Å². The van der Waals surface area contributed by atoms with Gasteiger partial charge in [0.25, 0.3) is 5.69 Å². The van der Waals surface area contributed by atoms with Crippen molar-refractivity contribution in [1.82, 2.24) is 4.98 Å². The molecule has 5 rings (SSSR count). The summed E-state index contributed by atoms with van der Waals surface area (Å²) >= 11 is 1.15. The summed E-state index contributed by atoms with van der Waals surface area (Å²) in [5, 5.41) is 23.8. The molecule has 172 valence electrons. The predicted molar refractivity (Wildman–Crippen MR) is 140 cm³/mol. The first-order valence-corrected chi connectivity index (χ1v) is 11.8. The molecule has 0 saturated heterocycles. The molecule has 36 heavy (non-hydrogen) atoms. The van der Waals surface area contributed by atoms with Crippen molar-refractivity contribution in [3.63, 3.8) is 0 Å². The highest BCUT2D eigenvalue weighted by Crippen LogP contribution is 2.39. The van der Waals surface area contributed by atoms with Crippen LogP contribution in [0.1, 0.15) is 15.9 Å². The smallest absolute Gasteiger partial charge is 0.270 e. The van der Waals surface area contributed by atoms with E-state index in [1.54, 1.807) is 0 Å². The highest BCUT2D eigenvalue weighted by atomic mass is 32.2. The van der Waals surface area contributed by atoms with Gasteiger partial charge in [-0.25, -0.2) is 4.98 Å². The molecule has 0 unspecified atom stereocenters. The first-order chi connectivity index (χ1) is 17.6. The molecule has 0 spiro atoms. The Kier molecular flexibility index (Phi) is 6.27. The Morgan fingerprint density at radius 1 is 0.889 bits per heavy atom. The van der Waals surface area contributed by atoms with Crippen molar-refractivity contribution in [2.24, 2.45) is 0 Å². The lowest BCUT2D eigenvalue weighted by Crippen LogP contribution is -1.97. The number of rotatable bonds is 6. The maximum atomic E-state index is 11.7. The number of benzene rings is 4.